The molecule has 2 heterocycles. The Kier molecular flexibility index (Phi) is 4.71. The number of unbranched alkanes of at least 4 members (excludes halogenated alkanes) is 2. The van der Waals surface area contributed by atoms with Gasteiger partial charge in [0.1, 0.15) is 0 Å². The van der Waals surface area contributed by atoms with Gasteiger partial charge in [-0.2, -0.15) is 0 Å². The summed E-state index contributed by atoms with van der Waals surface area (Å²) < 4.78 is 0. The van der Waals surface area contributed by atoms with Crippen LogP contribution in [0, 0.1) is 0 Å². The van der Waals surface area contributed by atoms with Crippen LogP contribution in [0.1, 0.15) is 81.0 Å². The highest BCUT2D eigenvalue weighted by molar-refractivity contribution is 6.41. The molecule has 2 aliphatic heterocycles. The topological polar surface area (TPSA) is 74.8 Å². The van der Waals surface area contributed by atoms with Crippen LogP contribution in [0.15, 0.2) is 48.5 Å². The predicted molar refractivity (Wildman–Crippen MR) is 148 cm³/mol. The third-order valence-electron chi connectivity index (χ3n) is 8.54. The van der Waals surface area contributed by atoms with Crippen molar-refractivity contribution in [2.75, 3.05) is 7.05 Å². The van der Waals surface area contributed by atoms with Crippen molar-refractivity contribution in [1.29, 1.82) is 0 Å². The summed E-state index contributed by atoms with van der Waals surface area (Å²) in [6.45, 7) is 4.09. The Balaban J connectivity index is 1.53. The van der Waals surface area contributed by atoms with Crippen molar-refractivity contribution in [3.05, 3.63) is 70.8 Å². The van der Waals surface area contributed by atoms with Crippen molar-refractivity contribution in [3.63, 3.8) is 0 Å². The monoisotopic (exact) mass is 502 g/mol. The minimum atomic E-state index is -0.313. The SMILES string of the molecule is CCCCCC(C)N1C(=O)c2ccc3c4ccc5c6c(ccc(c7ccc(c2c37)C1=O)c64)C(=O)N(C)C5=O. The van der Waals surface area contributed by atoms with Crippen LogP contribution in [0.4, 0.5) is 0 Å². The average molecular weight is 503 g/mol. The minimum Gasteiger partial charge on any atom is -0.277 e. The lowest BCUT2D eigenvalue weighted by atomic mass is 9.82. The molecule has 0 aliphatic carbocycles. The quantitative estimate of drug-likeness (QED) is 0.119. The average Bonchev–Trinajstić information content (AvgIpc) is 2.92. The summed E-state index contributed by atoms with van der Waals surface area (Å²) in [5.41, 5.74) is 2.11. The first-order valence-corrected chi connectivity index (χ1v) is 13.3. The molecule has 0 saturated heterocycles. The molecule has 7 rings (SSSR count). The Morgan fingerprint density at radius 3 is 1.37 bits per heavy atom. The zero-order valence-electron chi connectivity index (χ0n) is 21.6. The molecule has 2 aliphatic rings. The van der Waals surface area contributed by atoms with Crippen molar-refractivity contribution in [3.8, 4) is 0 Å². The van der Waals surface area contributed by atoms with E-state index in [0.717, 1.165) is 62.9 Å². The number of hydrogen-bond acceptors (Lipinski definition) is 4. The van der Waals surface area contributed by atoms with Crippen molar-refractivity contribution in [1.82, 2.24) is 9.80 Å². The van der Waals surface area contributed by atoms with Gasteiger partial charge in [0.25, 0.3) is 23.6 Å². The van der Waals surface area contributed by atoms with E-state index in [0.29, 0.717) is 33.0 Å². The maximum absolute atomic E-state index is 13.7. The fourth-order valence-electron chi connectivity index (χ4n) is 6.63. The number of carbonyl (C=O) groups is 4. The molecule has 0 spiro atoms. The smallest absolute Gasteiger partial charge is 0.261 e. The van der Waals surface area contributed by atoms with Crippen LogP contribution in [0.2, 0.25) is 0 Å². The first kappa shape index (κ1) is 22.8. The zero-order chi connectivity index (χ0) is 26.5. The second-order valence-corrected chi connectivity index (χ2v) is 10.6. The van der Waals surface area contributed by atoms with Gasteiger partial charge in [-0.25, -0.2) is 0 Å². The first-order valence-electron chi connectivity index (χ1n) is 13.3. The number of imide groups is 2. The summed E-state index contributed by atoms with van der Waals surface area (Å²) in [7, 11) is 1.51. The second-order valence-electron chi connectivity index (χ2n) is 10.6. The molecule has 5 aromatic carbocycles. The first-order chi connectivity index (χ1) is 18.3. The zero-order valence-corrected chi connectivity index (χ0v) is 21.6. The van der Waals surface area contributed by atoms with Gasteiger partial charge in [0.15, 0.2) is 0 Å². The molecule has 4 amide bonds. The Bertz CT molecular complexity index is 1780. The molecule has 6 nitrogen and oxygen atoms in total. The Morgan fingerprint density at radius 2 is 0.974 bits per heavy atom. The number of fused-ring (bicyclic) bond motifs is 2. The highest BCUT2D eigenvalue weighted by Crippen LogP contribution is 2.46. The summed E-state index contributed by atoms with van der Waals surface area (Å²) in [5, 5.41) is 6.71. The van der Waals surface area contributed by atoms with Gasteiger partial charge in [-0.05, 0) is 69.9 Å². The van der Waals surface area contributed by atoms with Crippen molar-refractivity contribution >= 4 is 66.7 Å². The van der Waals surface area contributed by atoms with E-state index in [9.17, 15) is 19.2 Å². The fraction of sp³-hybridized carbons (Fsp3) is 0.250. The van der Waals surface area contributed by atoms with Gasteiger partial charge in [0, 0.05) is 46.1 Å². The molecular weight excluding hydrogens is 476 g/mol. The Hall–Kier alpha value is -4.32. The van der Waals surface area contributed by atoms with E-state index in [1.807, 2.05) is 43.3 Å². The number of amides is 4. The molecule has 0 radical (unpaired) electrons. The van der Waals surface area contributed by atoms with E-state index < -0.39 is 0 Å². The van der Waals surface area contributed by atoms with Gasteiger partial charge in [-0.1, -0.05) is 50.5 Å². The molecule has 0 fully saturated rings. The van der Waals surface area contributed by atoms with Gasteiger partial charge in [0.2, 0.25) is 0 Å². The highest BCUT2D eigenvalue weighted by atomic mass is 16.2. The van der Waals surface area contributed by atoms with Gasteiger partial charge < -0.3 is 0 Å². The van der Waals surface area contributed by atoms with E-state index in [1.54, 1.807) is 12.1 Å². The largest absolute Gasteiger partial charge is 0.277 e. The molecule has 188 valence electrons. The molecule has 6 heteroatoms. The number of carbonyl (C=O) groups excluding carboxylic acids is 4. The lowest BCUT2D eigenvalue weighted by Gasteiger charge is -2.33. The van der Waals surface area contributed by atoms with E-state index in [-0.39, 0.29) is 29.7 Å². The lowest BCUT2D eigenvalue weighted by Crippen LogP contribution is -2.45. The van der Waals surface area contributed by atoms with Crippen LogP contribution in [-0.2, 0) is 0 Å². The van der Waals surface area contributed by atoms with Crippen LogP contribution >= 0.6 is 0 Å². The molecule has 1 unspecified atom stereocenters. The molecule has 0 bridgehead atoms. The van der Waals surface area contributed by atoms with Crippen LogP contribution < -0.4 is 0 Å². The third-order valence-corrected chi connectivity index (χ3v) is 8.54. The van der Waals surface area contributed by atoms with Gasteiger partial charge >= 0.3 is 0 Å². The summed E-state index contributed by atoms with van der Waals surface area (Å²) in [6.07, 6.45) is 3.91. The molecule has 1 atom stereocenters. The summed E-state index contributed by atoms with van der Waals surface area (Å²) in [5.74, 6) is -1.12. The predicted octanol–water partition coefficient (Wildman–Crippen LogP) is 6.53. The van der Waals surface area contributed by atoms with Gasteiger partial charge in [-0.3, -0.25) is 29.0 Å². The van der Waals surface area contributed by atoms with Crippen molar-refractivity contribution in [2.24, 2.45) is 0 Å². The standard InChI is InChI=1S/C32H26N2O4/c1-4-5-6-7-16(2)34-31(37)23-14-10-19-17-8-12-21-27-22(30(36)33(3)29(21)35)13-9-18(25(17)27)20-11-15-24(32(34)38)28(23)26(19)20/h8-16H,4-7H2,1-3H3. The number of rotatable bonds is 5. The van der Waals surface area contributed by atoms with E-state index in [2.05, 4.69) is 6.92 Å². The molecule has 38 heavy (non-hydrogen) atoms. The van der Waals surface area contributed by atoms with Gasteiger partial charge in [0.05, 0.1) is 0 Å². The van der Waals surface area contributed by atoms with Crippen LogP contribution in [0.3, 0.4) is 0 Å². The molecule has 0 aromatic heterocycles. The third kappa shape index (κ3) is 2.72. The number of benzene rings is 5. The highest BCUT2D eigenvalue weighted by Gasteiger charge is 2.37. The van der Waals surface area contributed by atoms with Gasteiger partial charge in [-0.15, -0.1) is 0 Å². The van der Waals surface area contributed by atoms with E-state index >= 15 is 0 Å². The maximum atomic E-state index is 13.7. The normalized spacial score (nSPS) is 16.2. The summed E-state index contributed by atoms with van der Waals surface area (Å²) >= 11 is 0. The Morgan fingerprint density at radius 1 is 0.579 bits per heavy atom. The number of hydrogen-bond donors (Lipinski definition) is 0. The Labute approximate surface area is 219 Å². The van der Waals surface area contributed by atoms with Crippen molar-refractivity contribution in [2.45, 2.75) is 45.6 Å². The van der Waals surface area contributed by atoms with Crippen LogP contribution in [0.5, 0.6) is 0 Å². The van der Waals surface area contributed by atoms with E-state index in [1.165, 1.54) is 11.9 Å². The van der Waals surface area contributed by atoms with E-state index in [4.69, 9.17) is 0 Å². The molecule has 0 saturated carbocycles. The number of nitrogens with zero attached hydrogens (tertiary/aromatic N) is 2. The lowest BCUT2D eigenvalue weighted by molar-refractivity contribution is 0.0540. The molecule has 5 aromatic rings. The second kappa shape index (κ2) is 7.84. The molecule has 0 N–H and O–H groups in total. The van der Waals surface area contributed by atoms with Crippen molar-refractivity contribution < 1.29 is 19.2 Å². The van der Waals surface area contributed by atoms with Crippen LogP contribution in [0.25, 0.3) is 43.1 Å². The summed E-state index contributed by atoms with van der Waals surface area (Å²) in [6, 6.07) is 14.8. The summed E-state index contributed by atoms with van der Waals surface area (Å²) in [4.78, 5) is 56.0. The maximum Gasteiger partial charge on any atom is 0.261 e. The molecular formula is C32H26N2O4. The fourth-order valence-corrected chi connectivity index (χ4v) is 6.63. The van der Waals surface area contributed by atoms with Crippen LogP contribution in [-0.4, -0.2) is 46.5 Å². The minimum absolute atomic E-state index is 0.179.